The average molecular weight is 261 g/mol. The predicted molar refractivity (Wildman–Crippen MR) is 58.7 cm³/mol. The molecule has 1 N–H and O–H groups in total. The Morgan fingerprint density at radius 2 is 2.00 bits per heavy atom. The number of benzene rings is 1. The molecule has 3 heteroatoms. The van der Waals surface area contributed by atoms with Gasteiger partial charge in [0, 0.05) is 11.1 Å². The Morgan fingerprint density at radius 1 is 1.36 bits per heavy atom. The van der Waals surface area contributed by atoms with E-state index in [4.69, 9.17) is 5.11 Å². The van der Waals surface area contributed by atoms with Crippen molar-refractivity contribution in [2.75, 3.05) is 6.61 Å². The summed E-state index contributed by atoms with van der Waals surface area (Å²) in [6.45, 7) is 4.00. The quantitative estimate of drug-likeness (QED) is 0.886. The van der Waals surface area contributed by atoms with Crippen LogP contribution in [-0.4, -0.2) is 11.7 Å². The lowest BCUT2D eigenvalue weighted by Gasteiger charge is -2.21. The third-order valence-electron chi connectivity index (χ3n) is 2.03. The molecule has 0 bridgehead atoms. The van der Waals surface area contributed by atoms with Crippen molar-refractivity contribution < 1.29 is 9.50 Å². The number of hydrogen-bond donors (Lipinski definition) is 1. The molecule has 0 heterocycles. The molecule has 14 heavy (non-hydrogen) atoms. The number of rotatable bonds is 3. The molecule has 1 rings (SSSR count). The third kappa shape index (κ3) is 3.39. The molecule has 1 aromatic carbocycles. The Labute approximate surface area is 92.1 Å². The van der Waals surface area contributed by atoms with E-state index >= 15 is 0 Å². The van der Waals surface area contributed by atoms with Gasteiger partial charge < -0.3 is 5.11 Å². The fraction of sp³-hybridized carbons (Fsp3) is 0.455. The average Bonchev–Trinajstić information content (AvgIpc) is 2.01. The smallest absolute Gasteiger partial charge is 0.124 e. The zero-order chi connectivity index (χ0) is 10.8. The van der Waals surface area contributed by atoms with Crippen LogP contribution >= 0.6 is 15.9 Å². The summed E-state index contributed by atoms with van der Waals surface area (Å²) >= 11 is 3.24. The van der Waals surface area contributed by atoms with Crippen LogP contribution in [0.4, 0.5) is 4.39 Å². The lowest BCUT2D eigenvalue weighted by Crippen LogP contribution is -2.19. The van der Waals surface area contributed by atoms with E-state index in [9.17, 15) is 4.39 Å². The molecule has 0 unspecified atom stereocenters. The second-order valence-electron chi connectivity index (χ2n) is 4.28. The predicted octanol–water partition coefficient (Wildman–Crippen LogP) is 3.15. The Hall–Kier alpha value is -0.410. The highest BCUT2D eigenvalue weighted by molar-refractivity contribution is 9.10. The lowest BCUT2D eigenvalue weighted by atomic mass is 9.87. The van der Waals surface area contributed by atoms with Crippen molar-refractivity contribution in [1.82, 2.24) is 0 Å². The van der Waals surface area contributed by atoms with Crippen LogP contribution in [0.2, 0.25) is 0 Å². The molecule has 0 aliphatic rings. The van der Waals surface area contributed by atoms with Gasteiger partial charge in [-0.05, 0) is 35.6 Å². The molecular formula is C11H14BrFO. The van der Waals surface area contributed by atoms with Crippen LogP contribution in [0.5, 0.6) is 0 Å². The fourth-order valence-corrected chi connectivity index (χ4v) is 1.83. The summed E-state index contributed by atoms with van der Waals surface area (Å²) in [4.78, 5) is 0. The summed E-state index contributed by atoms with van der Waals surface area (Å²) in [6.07, 6.45) is 0.667. The van der Waals surface area contributed by atoms with Gasteiger partial charge in [0.25, 0.3) is 0 Å². The van der Waals surface area contributed by atoms with Crippen LogP contribution in [0, 0.1) is 11.2 Å². The lowest BCUT2D eigenvalue weighted by molar-refractivity contribution is 0.159. The zero-order valence-corrected chi connectivity index (χ0v) is 9.94. The minimum atomic E-state index is -0.247. The van der Waals surface area contributed by atoms with Crippen molar-refractivity contribution in [3.63, 3.8) is 0 Å². The standard InChI is InChI=1S/C11H14BrFO/c1-11(2,7-14)6-8-3-9(12)5-10(13)4-8/h3-5,14H,6-7H2,1-2H3. The summed E-state index contributed by atoms with van der Waals surface area (Å²) in [7, 11) is 0. The first-order chi connectivity index (χ1) is 6.43. The van der Waals surface area contributed by atoms with Crippen LogP contribution in [0.1, 0.15) is 19.4 Å². The topological polar surface area (TPSA) is 20.2 Å². The van der Waals surface area contributed by atoms with Crippen molar-refractivity contribution in [2.45, 2.75) is 20.3 Å². The van der Waals surface area contributed by atoms with Gasteiger partial charge in [0.05, 0.1) is 0 Å². The van der Waals surface area contributed by atoms with E-state index in [1.807, 2.05) is 19.9 Å². The maximum absolute atomic E-state index is 13.0. The highest BCUT2D eigenvalue weighted by Crippen LogP contribution is 2.23. The van der Waals surface area contributed by atoms with Gasteiger partial charge in [-0.3, -0.25) is 0 Å². The van der Waals surface area contributed by atoms with Gasteiger partial charge in [0.15, 0.2) is 0 Å². The third-order valence-corrected chi connectivity index (χ3v) is 2.49. The van der Waals surface area contributed by atoms with Crippen molar-refractivity contribution in [3.8, 4) is 0 Å². The molecule has 0 saturated carbocycles. The molecule has 1 aromatic rings. The van der Waals surface area contributed by atoms with Crippen LogP contribution in [0.3, 0.4) is 0 Å². The molecule has 78 valence electrons. The van der Waals surface area contributed by atoms with Gasteiger partial charge in [-0.25, -0.2) is 4.39 Å². The number of aliphatic hydroxyl groups is 1. The number of hydrogen-bond acceptors (Lipinski definition) is 1. The molecule has 0 aliphatic carbocycles. The minimum Gasteiger partial charge on any atom is -0.396 e. The van der Waals surface area contributed by atoms with Crippen LogP contribution < -0.4 is 0 Å². The SMILES string of the molecule is CC(C)(CO)Cc1cc(F)cc(Br)c1. The van der Waals surface area contributed by atoms with E-state index in [-0.39, 0.29) is 17.8 Å². The van der Waals surface area contributed by atoms with Crippen LogP contribution in [0.25, 0.3) is 0 Å². The first kappa shape index (κ1) is 11.7. The van der Waals surface area contributed by atoms with Crippen molar-refractivity contribution in [3.05, 3.63) is 34.1 Å². The van der Waals surface area contributed by atoms with E-state index in [0.717, 1.165) is 10.0 Å². The first-order valence-electron chi connectivity index (χ1n) is 4.49. The maximum Gasteiger partial charge on any atom is 0.124 e. The Bertz CT molecular complexity index is 303. The van der Waals surface area contributed by atoms with Gasteiger partial charge in [0.1, 0.15) is 5.82 Å². The van der Waals surface area contributed by atoms with Gasteiger partial charge in [0.2, 0.25) is 0 Å². The van der Waals surface area contributed by atoms with Crippen molar-refractivity contribution >= 4 is 15.9 Å². The Balaban J connectivity index is 2.87. The van der Waals surface area contributed by atoms with Crippen molar-refractivity contribution in [2.24, 2.45) is 5.41 Å². The van der Waals surface area contributed by atoms with E-state index in [1.54, 1.807) is 0 Å². The molecule has 1 nitrogen and oxygen atoms in total. The summed E-state index contributed by atoms with van der Waals surface area (Å²) in [6, 6.07) is 4.80. The molecule has 0 aromatic heterocycles. The van der Waals surface area contributed by atoms with Gasteiger partial charge in [-0.15, -0.1) is 0 Å². The summed E-state index contributed by atoms with van der Waals surface area (Å²) < 4.78 is 13.8. The molecule has 0 spiro atoms. The van der Waals surface area contributed by atoms with Gasteiger partial charge in [-0.1, -0.05) is 29.8 Å². The molecule has 0 saturated heterocycles. The van der Waals surface area contributed by atoms with E-state index < -0.39 is 0 Å². The highest BCUT2D eigenvalue weighted by atomic mass is 79.9. The summed E-state index contributed by atoms with van der Waals surface area (Å²) in [5.41, 5.74) is 0.698. The Morgan fingerprint density at radius 3 is 2.50 bits per heavy atom. The monoisotopic (exact) mass is 260 g/mol. The van der Waals surface area contributed by atoms with E-state index in [1.165, 1.54) is 12.1 Å². The van der Waals surface area contributed by atoms with Crippen LogP contribution in [0.15, 0.2) is 22.7 Å². The number of halogens is 2. The molecule has 0 radical (unpaired) electrons. The van der Waals surface area contributed by atoms with E-state index in [2.05, 4.69) is 15.9 Å². The summed E-state index contributed by atoms with van der Waals surface area (Å²) in [5.74, 6) is -0.247. The summed E-state index contributed by atoms with van der Waals surface area (Å²) in [5, 5.41) is 9.09. The molecule has 0 aliphatic heterocycles. The fourth-order valence-electron chi connectivity index (χ4n) is 1.32. The minimum absolute atomic E-state index is 0.0983. The normalized spacial score (nSPS) is 11.8. The molecule has 0 fully saturated rings. The Kier molecular flexibility index (Phi) is 3.67. The van der Waals surface area contributed by atoms with Gasteiger partial charge >= 0.3 is 0 Å². The molecular weight excluding hydrogens is 247 g/mol. The van der Waals surface area contributed by atoms with Crippen LogP contribution in [-0.2, 0) is 6.42 Å². The second-order valence-corrected chi connectivity index (χ2v) is 5.19. The first-order valence-corrected chi connectivity index (χ1v) is 5.28. The highest BCUT2D eigenvalue weighted by Gasteiger charge is 2.17. The van der Waals surface area contributed by atoms with Gasteiger partial charge in [-0.2, -0.15) is 0 Å². The second kappa shape index (κ2) is 4.41. The largest absolute Gasteiger partial charge is 0.396 e. The zero-order valence-electron chi connectivity index (χ0n) is 8.35. The van der Waals surface area contributed by atoms with Crippen molar-refractivity contribution in [1.29, 1.82) is 0 Å². The molecule has 0 amide bonds. The van der Waals surface area contributed by atoms with E-state index in [0.29, 0.717) is 6.42 Å². The molecule has 0 atom stereocenters. The maximum atomic E-state index is 13.0. The number of aliphatic hydroxyl groups excluding tert-OH is 1.